The number of hydrogen-bond donors (Lipinski definition) is 2. The van der Waals surface area contributed by atoms with E-state index in [1.807, 2.05) is 19.1 Å². The summed E-state index contributed by atoms with van der Waals surface area (Å²) in [6, 6.07) is 7.31. The van der Waals surface area contributed by atoms with Gasteiger partial charge < -0.3 is 10.6 Å². The molecule has 0 radical (unpaired) electrons. The first kappa shape index (κ1) is 15.3. The van der Waals surface area contributed by atoms with Crippen LogP contribution in [0, 0.1) is 6.92 Å². The van der Waals surface area contributed by atoms with E-state index in [1.54, 1.807) is 24.5 Å². The fourth-order valence-electron chi connectivity index (χ4n) is 1.96. The minimum Gasteiger partial charge on any atom is -0.384 e. The molecule has 0 atom stereocenters. The molecule has 5 heteroatoms. The summed E-state index contributed by atoms with van der Waals surface area (Å²) in [6.07, 6.45) is 4.20. The molecule has 0 fully saturated rings. The third-order valence-corrected chi connectivity index (χ3v) is 3.41. The number of hydrogen-bond acceptors (Lipinski definition) is 3. The maximum Gasteiger partial charge on any atom is 0.259 e. The first-order valence-corrected chi connectivity index (χ1v) is 7.25. The van der Waals surface area contributed by atoms with E-state index in [1.165, 1.54) is 0 Å². The van der Waals surface area contributed by atoms with E-state index in [0.717, 1.165) is 24.2 Å². The lowest BCUT2D eigenvalue weighted by molar-refractivity contribution is 0.102. The highest BCUT2D eigenvalue weighted by Gasteiger charge is 2.14. The highest BCUT2D eigenvalue weighted by Crippen LogP contribution is 2.26. The van der Waals surface area contributed by atoms with Gasteiger partial charge in [0.25, 0.3) is 5.91 Å². The van der Waals surface area contributed by atoms with Crippen molar-refractivity contribution in [1.82, 2.24) is 4.98 Å². The Morgan fingerprint density at radius 2 is 2.14 bits per heavy atom. The van der Waals surface area contributed by atoms with Crippen LogP contribution in [0.15, 0.2) is 36.7 Å². The van der Waals surface area contributed by atoms with Crippen LogP contribution in [0.3, 0.4) is 0 Å². The lowest BCUT2D eigenvalue weighted by Crippen LogP contribution is -2.16. The number of amides is 1. The predicted molar refractivity (Wildman–Crippen MR) is 87.2 cm³/mol. The SMILES string of the molecule is CCCNc1ccncc1C(=O)Nc1c(C)cccc1Cl. The molecule has 110 valence electrons. The van der Waals surface area contributed by atoms with Gasteiger partial charge in [0.2, 0.25) is 0 Å². The average Bonchev–Trinajstić information content (AvgIpc) is 2.49. The first-order chi connectivity index (χ1) is 10.1. The van der Waals surface area contributed by atoms with Gasteiger partial charge >= 0.3 is 0 Å². The largest absolute Gasteiger partial charge is 0.384 e. The highest BCUT2D eigenvalue weighted by atomic mass is 35.5. The van der Waals surface area contributed by atoms with E-state index in [2.05, 4.69) is 22.5 Å². The monoisotopic (exact) mass is 303 g/mol. The summed E-state index contributed by atoms with van der Waals surface area (Å²) in [6.45, 7) is 4.78. The number of aromatic nitrogens is 1. The number of benzene rings is 1. The summed E-state index contributed by atoms with van der Waals surface area (Å²) in [5.41, 5.74) is 2.83. The normalized spacial score (nSPS) is 10.2. The van der Waals surface area contributed by atoms with Gasteiger partial charge in [0.15, 0.2) is 0 Å². The molecule has 0 aliphatic carbocycles. The molecule has 2 aromatic rings. The summed E-state index contributed by atoms with van der Waals surface area (Å²) in [7, 11) is 0. The molecule has 1 aromatic carbocycles. The zero-order valence-electron chi connectivity index (χ0n) is 12.1. The molecule has 1 heterocycles. The molecular weight excluding hydrogens is 286 g/mol. The Labute approximate surface area is 129 Å². The van der Waals surface area contributed by atoms with E-state index in [-0.39, 0.29) is 5.91 Å². The van der Waals surface area contributed by atoms with Gasteiger partial charge in [-0.25, -0.2) is 0 Å². The van der Waals surface area contributed by atoms with Gasteiger partial charge in [0, 0.05) is 18.9 Å². The van der Waals surface area contributed by atoms with Crippen LogP contribution >= 0.6 is 11.6 Å². The number of nitrogens with zero attached hydrogens (tertiary/aromatic N) is 1. The molecule has 2 N–H and O–H groups in total. The summed E-state index contributed by atoms with van der Waals surface area (Å²) < 4.78 is 0. The fraction of sp³-hybridized carbons (Fsp3) is 0.250. The highest BCUT2D eigenvalue weighted by molar-refractivity contribution is 6.34. The van der Waals surface area contributed by atoms with Gasteiger partial charge in [-0.15, -0.1) is 0 Å². The van der Waals surface area contributed by atoms with Crippen LogP contribution in [0.5, 0.6) is 0 Å². The number of para-hydroxylation sites is 1. The van der Waals surface area contributed by atoms with Crippen molar-refractivity contribution in [2.24, 2.45) is 0 Å². The number of aryl methyl sites for hydroxylation is 1. The molecule has 0 saturated heterocycles. The third-order valence-electron chi connectivity index (χ3n) is 3.09. The molecule has 4 nitrogen and oxygen atoms in total. The van der Waals surface area contributed by atoms with E-state index < -0.39 is 0 Å². The number of rotatable bonds is 5. The Morgan fingerprint density at radius 1 is 1.33 bits per heavy atom. The van der Waals surface area contributed by atoms with Gasteiger partial charge in [0.1, 0.15) is 0 Å². The van der Waals surface area contributed by atoms with Gasteiger partial charge in [-0.2, -0.15) is 0 Å². The van der Waals surface area contributed by atoms with Crippen LogP contribution in [0.25, 0.3) is 0 Å². The third kappa shape index (κ3) is 3.73. The minimum atomic E-state index is -0.224. The fourth-order valence-corrected chi connectivity index (χ4v) is 2.23. The minimum absolute atomic E-state index is 0.224. The van der Waals surface area contributed by atoms with Crippen molar-refractivity contribution in [3.8, 4) is 0 Å². The summed E-state index contributed by atoms with van der Waals surface area (Å²) in [5.74, 6) is -0.224. The lowest BCUT2D eigenvalue weighted by Gasteiger charge is -2.13. The summed E-state index contributed by atoms with van der Waals surface area (Å²) in [5, 5.41) is 6.61. The molecular formula is C16H18ClN3O. The van der Waals surface area contributed by atoms with Crippen LogP contribution in [-0.2, 0) is 0 Å². The Bertz CT molecular complexity index is 623. The van der Waals surface area contributed by atoms with Crippen molar-refractivity contribution in [2.45, 2.75) is 20.3 Å². The van der Waals surface area contributed by atoms with Crippen molar-refractivity contribution in [2.75, 3.05) is 17.2 Å². The van der Waals surface area contributed by atoms with Crippen LogP contribution in [0.1, 0.15) is 29.3 Å². The van der Waals surface area contributed by atoms with E-state index in [4.69, 9.17) is 11.6 Å². The van der Waals surface area contributed by atoms with Crippen molar-refractivity contribution < 1.29 is 4.79 Å². The van der Waals surface area contributed by atoms with Gasteiger partial charge in [-0.1, -0.05) is 30.7 Å². The quantitative estimate of drug-likeness (QED) is 0.873. The Hall–Kier alpha value is -2.07. The molecule has 0 aliphatic rings. The number of carbonyl (C=O) groups excluding carboxylic acids is 1. The molecule has 0 unspecified atom stereocenters. The summed E-state index contributed by atoms with van der Waals surface area (Å²) in [4.78, 5) is 16.5. The second-order valence-electron chi connectivity index (χ2n) is 4.73. The van der Waals surface area contributed by atoms with Crippen LogP contribution in [0.4, 0.5) is 11.4 Å². The van der Waals surface area contributed by atoms with Crippen molar-refractivity contribution in [3.63, 3.8) is 0 Å². The molecule has 1 aromatic heterocycles. The second kappa shape index (κ2) is 7.09. The molecule has 1 amide bonds. The number of halogens is 1. The lowest BCUT2D eigenvalue weighted by atomic mass is 10.1. The van der Waals surface area contributed by atoms with Crippen LogP contribution in [-0.4, -0.2) is 17.4 Å². The smallest absolute Gasteiger partial charge is 0.259 e. The standard InChI is InChI=1S/C16H18ClN3O/c1-3-8-19-14-7-9-18-10-12(14)16(21)20-15-11(2)5-4-6-13(15)17/h4-7,9-10H,3,8H2,1-2H3,(H,18,19)(H,20,21). The van der Waals surface area contributed by atoms with Crippen molar-refractivity contribution >= 4 is 28.9 Å². The molecule has 0 bridgehead atoms. The van der Waals surface area contributed by atoms with E-state index in [9.17, 15) is 4.79 Å². The zero-order chi connectivity index (χ0) is 15.2. The molecule has 21 heavy (non-hydrogen) atoms. The first-order valence-electron chi connectivity index (χ1n) is 6.87. The van der Waals surface area contributed by atoms with E-state index >= 15 is 0 Å². The Balaban J connectivity index is 2.25. The molecule has 0 spiro atoms. The maximum absolute atomic E-state index is 12.5. The van der Waals surface area contributed by atoms with Crippen LogP contribution < -0.4 is 10.6 Å². The molecule has 0 saturated carbocycles. The van der Waals surface area contributed by atoms with Crippen molar-refractivity contribution in [3.05, 3.63) is 52.8 Å². The van der Waals surface area contributed by atoms with Crippen LogP contribution in [0.2, 0.25) is 5.02 Å². The number of nitrogens with one attached hydrogen (secondary N) is 2. The van der Waals surface area contributed by atoms with Gasteiger partial charge in [-0.05, 0) is 31.0 Å². The number of anilines is 2. The Kier molecular flexibility index (Phi) is 5.17. The molecule has 2 rings (SSSR count). The Morgan fingerprint density at radius 3 is 2.86 bits per heavy atom. The van der Waals surface area contributed by atoms with Crippen molar-refractivity contribution in [1.29, 1.82) is 0 Å². The van der Waals surface area contributed by atoms with Gasteiger partial charge in [0.05, 0.1) is 22.0 Å². The average molecular weight is 304 g/mol. The van der Waals surface area contributed by atoms with E-state index in [0.29, 0.717) is 16.3 Å². The second-order valence-corrected chi connectivity index (χ2v) is 5.14. The van der Waals surface area contributed by atoms with Gasteiger partial charge in [-0.3, -0.25) is 9.78 Å². The number of pyridine rings is 1. The number of carbonyl (C=O) groups is 1. The maximum atomic E-state index is 12.5. The predicted octanol–water partition coefficient (Wildman–Crippen LogP) is 4.12. The molecule has 0 aliphatic heterocycles. The summed E-state index contributed by atoms with van der Waals surface area (Å²) >= 11 is 6.14. The topological polar surface area (TPSA) is 54.0 Å². The zero-order valence-corrected chi connectivity index (χ0v) is 12.9.